The zero-order valence-electron chi connectivity index (χ0n) is 15.0. The highest BCUT2D eigenvalue weighted by atomic mass is 19.4. The molecule has 0 aliphatic heterocycles. The van der Waals surface area contributed by atoms with Gasteiger partial charge in [0.15, 0.2) is 0 Å². The minimum absolute atomic E-state index is 0.140. The van der Waals surface area contributed by atoms with E-state index in [-0.39, 0.29) is 5.69 Å². The molecule has 0 N–H and O–H groups in total. The third kappa shape index (κ3) is 4.34. The molecule has 0 saturated heterocycles. The van der Waals surface area contributed by atoms with Gasteiger partial charge in [0.2, 0.25) is 0 Å². The van der Waals surface area contributed by atoms with Crippen LogP contribution in [0.2, 0.25) is 0 Å². The van der Waals surface area contributed by atoms with Gasteiger partial charge in [0, 0.05) is 33.5 Å². The molecule has 0 atom stereocenters. The highest BCUT2D eigenvalue weighted by Gasteiger charge is 2.32. The number of halogens is 3. The molecule has 0 unspecified atom stereocenters. The number of hydrogen-bond acceptors (Lipinski definition) is 4. The van der Waals surface area contributed by atoms with Gasteiger partial charge in [0.1, 0.15) is 11.3 Å². The Morgan fingerprint density at radius 1 is 1.19 bits per heavy atom. The van der Waals surface area contributed by atoms with E-state index in [1.54, 1.807) is 6.92 Å². The van der Waals surface area contributed by atoms with E-state index in [1.165, 1.54) is 29.6 Å². The number of carbonyl (C=O) groups excluding carboxylic acids is 1. The van der Waals surface area contributed by atoms with E-state index in [0.29, 0.717) is 44.1 Å². The van der Waals surface area contributed by atoms with Crippen LogP contribution < -0.4 is 0 Å². The summed E-state index contributed by atoms with van der Waals surface area (Å²) in [6.07, 6.45) is -3.16. The molecule has 0 spiro atoms. The predicted molar refractivity (Wildman–Crippen MR) is 89.2 cm³/mol. The first-order valence-electron chi connectivity index (χ1n) is 8.18. The van der Waals surface area contributed by atoms with Crippen LogP contribution in [-0.2, 0) is 22.1 Å². The van der Waals surface area contributed by atoms with E-state index >= 15 is 0 Å². The molecule has 0 aromatic carbocycles. The molecule has 144 valence electrons. The van der Waals surface area contributed by atoms with Crippen molar-refractivity contribution in [1.29, 1.82) is 0 Å². The Bertz CT molecular complexity index is 751. The van der Waals surface area contributed by atoms with Crippen molar-refractivity contribution in [2.45, 2.75) is 19.5 Å². The lowest BCUT2D eigenvalue weighted by molar-refractivity contribution is -0.137. The second-order valence-electron chi connectivity index (χ2n) is 5.68. The maximum absolute atomic E-state index is 13.1. The average Bonchev–Trinajstić information content (AvgIpc) is 2.98. The number of hydrogen-bond donors (Lipinski definition) is 0. The molecule has 2 aromatic rings. The minimum Gasteiger partial charge on any atom is -0.383 e. The first-order valence-corrected chi connectivity index (χ1v) is 8.18. The van der Waals surface area contributed by atoms with E-state index in [2.05, 4.69) is 4.98 Å². The molecular weight excluding hydrogens is 351 g/mol. The maximum Gasteiger partial charge on any atom is 0.417 e. The highest BCUT2D eigenvalue weighted by molar-refractivity contribution is 5.94. The molecule has 9 heteroatoms. The van der Waals surface area contributed by atoms with Crippen LogP contribution in [0.3, 0.4) is 0 Å². The molecule has 2 heterocycles. The second-order valence-corrected chi connectivity index (χ2v) is 5.68. The van der Waals surface area contributed by atoms with Crippen molar-refractivity contribution < 1.29 is 27.4 Å². The molecule has 0 radical (unpaired) electrons. The fourth-order valence-electron chi connectivity index (χ4n) is 2.60. The van der Waals surface area contributed by atoms with E-state index in [9.17, 15) is 18.0 Å². The topological polar surface area (TPSA) is 56.1 Å². The van der Waals surface area contributed by atoms with E-state index < -0.39 is 17.6 Å². The fraction of sp³-hybridized carbons (Fsp3) is 0.529. The van der Waals surface area contributed by atoms with Crippen LogP contribution in [0.25, 0.3) is 5.65 Å². The molecule has 0 bridgehead atoms. The summed E-state index contributed by atoms with van der Waals surface area (Å²) in [6, 6.07) is 2.23. The third-order valence-corrected chi connectivity index (χ3v) is 3.97. The summed E-state index contributed by atoms with van der Waals surface area (Å²) in [6.45, 7) is 3.02. The van der Waals surface area contributed by atoms with Crippen molar-refractivity contribution in [3.8, 4) is 0 Å². The first-order chi connectivity index (χ1) is 12.3. The number of aromatic nitrogens is 2. The summed E-state index contributed by atoms with van der Waals surface area (Å²) in [5.41, 5.74) is 0.0611. The number of methoxy groups -OCH3 is 2. The summed E-state index contributed by atoms with van der Waals surface area (Å²) in [5, 5.41) is 0. The Hall–Kier alpha value is -2.13. The molecule has 6 nitrogen and oxygen atoms in total. The lowest BCUT2D eigenvalue weighted by atomic mass is 10.2. The monoisotopic (exact) mass is 373 g/mol. The maximum atomic E-state index is 13.1. The zero-order chi connectivity index (χ0) is 19.3. The molecular formula is C17H22F3N3O3. The summed E-state index contributed by atoms with van der Waals surface area (Å²) in [4.78, 5) is 18.8. The van der Waals surface area contributed by atoms with Crippen LogP contribution in [0, 0.1) is 0 Å². The number of alkyl halides is 3. The van der Waals surface area contributed by atoms with Gasteiger partial charge in [0.25, 0.3) is 5.91 Å². The van der Waals surface area contributed by atoms with Crippen molar-refractivity contribution >= 4 is 11.6 Å². The summed E-state index contributed by atoms with van der Waals surface area (Å²) in [7, 11) is 3.03. The van der Waals surface area contributed by atoms with E-state index in [0.717, 1.165) is 12.3 Å². The molecule has 1 amide bonds. The smallest absolute Gasteiger partial charge is 0.383 e. The number of carbonyl (C=O) groups is 1. The SMILES string of the molecule is CCc1nc2ccc(C(F)(F)F)cn2c1C(=O)N(CCOC)CCOC. The largest absolute Gasteiger partial charge is 0.417 e. The molecule has 2 aromatic heterocycles. The Kier molecular flexibility index (Phi) is 6.60. The number of nitrogens with zero attached hydrogens (tertiary/aromatic N) is 3. The highest BCUT2D eigenvalue weighted by Crippen LogP contribution is 2.30. The van der Waals surface area contributed by atoms with Crippen molar-refractivity contribution in [2.24, 2.45) is 0 Å². The number of fused-ring (bicyclic) bond motifs is 1. The quantitative estimate of drug-likeness (QED) is 0.714. The van der Waals surface area contributed by atoms with Gasteiger partial charge in [-0.3, -0.25) is 9.20 Å². The van der Waals surface area contributed by atoms with Gasteiger partial charge in [-0.25, -0.2) is 4.98 Å². The lowest BCUT2D eigenvalue weighted by Crippen LogP contribution is -2.37. The minimum atomic E-state index is -4.50. The van der Waals surface area contributed by atoms with Gasteiger partial charge in [-0.1, -0.05) is 6.92 Å². The molecule has 0 aliphatic carbocycles. The number of imidazole rings is 1. The molecule has 26 heavy (non-hydrogen) atoms. The van der Waals surface area contributed by atoms with Crippen LogP contribution in [0.5, 0.6) is 0 Å². The second kappa shape index (κ2) is 8.50. The van der Waals surface area contributed by atoms with Crippen LogP contribution in [0.4, 0.5) is 13.2 Å². The van der Waals surface area contributed by atoms with Gasteiger partial charge in [-0.15, -0.1) is 0 Å². The van der Waals surface area contributed by atoms with Crippen LogP contribution in [0.15, 0.2) is 18.3 Å². The van der Waals surface area contributed by atoms with Crippen molar-refractivity contribution in [3.05, 3.63) is 35.3 Å². The first kappa shape index (κ1) is 20.2. The normalized spacial score (nSPS) is 11.9. The van der Waals surface area contributed by atoms with Crippen LogP contribution in [0.1, 0.15) is 28.7 Å². The summed E-state index contributed by atoms with van der Waals surface area (Å²) >= 11 is 0. The number of rotatable bonds is 8. The summed E-state index contributed by atoms with van der Waals surface area (Å²) < 4.78 is 50.5. The van der Waals surface area contributed by atoms with Crippen molar-refractivity contribution in [1.82, 2.24) is 14.3 Å². The van der Waals surface area contributed by atoms with Crippen LogP contribution in [-0.4, -0.2) is 60.7 Å². The number of aryl methyl sites for hydroxylation is 1. The Balaban J connectivity index is 2.51. The van der Waals surface area contributed by atoms with Gasteiger partial charge in [-0.2, -0.15) is 13.2 Å². The number of ether oxygens (including phenoxy) is 2. The Morgan fingerprint density at radius 3 is 2.31 bits per heavy atom. The zero-order valence-corrected chi connectivity index (χ0v) is 15.0. The number of amides is 1. The third-order valence-electron chi connectivity index (χ3n) is 3.97. The van der Waals surface area contributed by atoms with Gasteiger partial charge in [-0.05, 0) is 18.6 Å². The Morgan fingerprint density at radius 2 is 1.81 bits per heavy atom. The average molecular weight is 373 g/mol. The van der Waals surface area contributed by atoms with Gasteiger partial charge >= 0.3 is 6.18 Å². The van der Waals surface area contributed by atoms with Crippen molar-refractivity contribution in [3.63, 3.8) is 0 Å². The standard InChI is InChI=1S/C17H22F3N3O3/c1-4-13-15(16(24)22(7-9-25-2)8-10-26-3)23-11-12(17(18,19)20)5-6-14(23)21-13/h5-6,11H,4,7-10H2,1-3H3. The van der Waals surface area contributed by atoms with Gasteiger partial charge < -0.3 is 14.4 Å². The molecule has 0 fully saturated rings. The van der Waals surface area contributed by atoms with Crippen molar-refractivity contribution in [2.75, 3.05) is 40.5 Å². The Labute approximate surface area is 149 Å². The molecule has 0 saturated carbocycles. The number of pyridine rings is 1. The molecule has 0 aliphatic rings. The molecule has 2 rings (SSSR count). The fourth-order valence-corrected chi connectivity index (χ4v) is 2.60. The predicted octanol–water partition coefficient (Wildman–Crippen LogP) is 2.65. The van der Waals surface area contributed by atoms with E-state index in [4.69, 9.17) is 9.47 Å². The van der Waals surface area contributed by atoms with Crippen LogP contribution >= 0.6 is 0 Å². The van der Waals surface area contributed by atoms with Gasteiger partial charge in [0.05, 0.1) is 24.5 Å². The lowest BCUT2D eigenvalue weighted by Gasteiger charge is -2.22. The summed E-state index contributed by atoms with van der Waals surface area (Å²) in [5.74, 6) is -0.400. The van der Waals surface area contributed by atoms with E-state index in [1.807, 2.05) is 0 Å².